The lowest BCUT2D eigenvalue weighted by Gasteiger charge is -2.01. The lowest BCUT2D eigenvalue weighted by Crippen LogP contribution is -2.10. The van der Waals surface area contributed by atoms with E-state index >= 15 is 0 Å². The molecule has 0 aromatic carbocycles. The molecule has 0 aromatic rings. The van der Waals surface area contributed by atoms with Crippen molar-refractivity contribution in [1.29, 1.82) is 0 Å². The van der Waals surface area contributed by atoms with E-state index in [1.54, 1.807) is 6.92 Å². The van der Waals surface area contributed by atoms with Crippen molar-refractivity contribution in [3.8, 4) is 0 Å². The first-order valence-corrected chi connectivity index (χ1v) is 2.96. The van der Waals surface area contributed by atoms with Crippen molar-refractivity contribution in [1.82, 2.24) is 0 Å². The van der Waals surface area contributed by atoms with Crippen molar-refractivity contribution in [3.05, 3.63) is 0 Å². The minimum absolute atomic E-state index is 0.118. The average Bonchev–Trinajstić information content (AvgIpc) is 1.83. The number of ether oxygens (including phenoxy) is 1. The molecule has 0 aromatic heterocycles. The monoisotopic (exact) mass is 134 g/mol. The molecule has 0 radical (unpaired) electrons. The van der Waals surface area contributed by atoms with Crippen molar-refractivity contribution in [2.45, 2.75) is 26.4 Å². The molecule has 1 unspecified atom stereocenters. The molecular weight excluding hydrogens is 123 g/mol. The van der Waals surface area contributed by atoms with E-state index in [0.717, 1.165) is 0 Å². The van der Waals surface area contributed by atoms with Crippen molar-refractivity contribution in [3.63, 3.8) is 0 Å². The van der Waals surface area contributed by atoms with E-state index in [0.29, 0.717) is 6.42 Å². The average molecular weight is 134 g/mol. The molecule has 2 nitrogen and oxygen atoms in total. The highest BCUT2D eigenvalue weighted by atomic mass is 19.1. The lowest BCUT2D eigenvalue weighted by atomic mass is 10.4. The van der Waals surface area contributed by atoms with Gasteiger partial charge in [-0.15, -0.1) is 0 Å². The Morgan fingerprint density at radius 1 is 1.78 bits per heavy atom. The molecule has 0 fully saturated rings. The van der Waals surface area contributed by atoms with Crippen LogP contribution in [0.2, 0.25) is 0 Å². The van der Waals surface area contributed by atoms with Gasteiger partial charge in [-0.1, -0.05) is 6.92 Å². The molecule has 0 N–H and O–H groups in total. The van der Waals surface area contributed by atoms with Crippen molar-refractivity contribution < 1.29 is 13.9 Å². The van der Waals surface area contributed by atoms with Gasteiger partial charge in [0.05, 0.1) is 0 Å². The summed E-state index contributed by atoms with van der Waals surface area (Å²) in [6.07, 6.45) is -0.743. The number of rotatable bonds is 3. The van der Waals surface area contributed by atoms with Crippen LogP contribution in [-0.2, 0) is 9.53 Å². The highest BCUT2D eigenvalue weighted by Gasteiger charge is 2.01. The Morgan fingerprint density at radius 2 is 2.33 bits per heavy atom. The largest absolute Gasteiger partial charge is 0.463 e. The lowest BCUT2D eigenvalue weighted by molar-refractivity contribution is -0.144. The molecule has 0 aliphatic heterocycles. The van der Waals surface area contributed by atoms with Gasteiger partial charge in [0, 0.05) is 6.42 Å². The summed E-state index contributed by atoms with van der Waals surface area (Å²) < 4.78 is 16.4. The standard InChI is InChI=1S/C6H11FO2/c1-3-6(8)9-4-5(2)7/h5H,3-4H2,1-2H3. The molecule has 0 saturated heterocycles. The molecule has 0 rings (SSSR count). The predicted octanol–water partition coefficient (Wildman–Crippen LogP) is 1.30. The number of alkyl halides is 1. The molecule has 0 spiro atoms. The minimum atomic E-state index is -1.06. The number of esters is 1. The second-order valence-electron chi connectivity index (χ2n) is 1.82. The van der Waals surface area contributed by atoms with Crippen molar-refractivity contribution in [2.24, 2.45) is 0 Å². The fourth-order valence-corrected chi connectivity index (χ4v) is 0.310. The number of carbonyl (C=O) groups is 1. The van der Waals surface area contributed by atoms with Gasteiger partial charge in [0.1, 0.15) is 12.8 Å². The smallest absolute Gasteiger partial charge is 0.305 e. The summed E-state index contributed by atoms with van der Waals surface area (Å²) in [5, 5.41) is 0. The molecule has 9 heavy (non-hydrogen) atoms. The fourth-order valence-electron chi connectivity index (χ4n) is 0.310. The number of halogens is 1. The first-order valence-electron chi connectivity index (χ1n) is 2.96. The zero-order valence-electron chi connectivity index (χ0n) is 5.69. The van der Waals surface area contributed by atoms with Crippen LogP contribution in [0.3, 0.4) is 0 Å². The van der Waals surface area contributed by atoms with Crippen LogP contribution < -0.4 is 0 Å². The maximum atomic E-state index is 11.9. The van der Waals surface area contributed by atoms with Gasteiger partial charge in [-0.2, -0.15) is 0 Å². The van der Waals surface area contributed by atoms with Crippen LogP contribution >= 0.6 is 0 Å². The van der Waals surface area contributed by atoms with Gasteiger partial charge < -0.3 is 4.74 Å². The van der Waals surface area contributed by atoms with Crippen molar-refractivity contribution >= 4 is 5.97 Å². The van der Waals surface area contributed by atoms with Crippen LogP contribution in [0.25, 0.3) is 0 Å². The summed E-state index contributed by atoms with van der Waals surface area (Å²) in [4.78, 5) is 10.3. The molecule has 0 aliphatic carbocycles. The topological polar surface area (TPSA) is 26.3 Å². The second kappa shape index (κ2) is 4.30. The normalized spacial score (nSPS) is 12.8. The molecule has 0 aliphatic rings. The van der Waals surface area contributed by atoms with Crippen LogP contribution in [0.1, 0.15) is 20.3 Å². The Bertz CT molecular complexity index is 91.1. The van der Waals surface area contributed by atoms with Gasteiger partial charge in [0.25, 0.3) is 0 Å². The summed E-state index contributed by atoms with van der Waals surface area (Å²) in [6.45, 7) is 2.90. The quantitative estimate of drug-likeness (QED) is 0.544. The van der Waals surface area contributed by atoms with Gasteiger partial charge in [0.2, 0.25) is 0 Å². The van der Waals surface area contributed by atoms with E-state index < -0.39 is 6.17 Å². The summed E-state index contributed by atoms with van der Waals surface area (Å²) in [5.41, 5.74) is 0. The maximum absolute atomic E-state index is 11.9. The summed E-state index contributed by atoms with van der Waals surface area (Å²) in [6, 6.07) is 0. The van der Waals surface area contributed by atoms with E-state index in [1.807, 2.05) is 0 Å². The van der Waals surface area contributed by atoms with Crippen LogP contribution in [0.5, 0.6) is 0 Å². The van der Waals surface area contributed by atoms with Crippen molar-refractivity contribution in [2.75, 3.05) is 6.61 Å². The minimum Gasteiger partial charge on any atom is -0.463 e. The van der Waals surface area contributed by atoms with Gasteiger partial charge in [-0.05, 0) is 6.92 Å². The van der Waals surface area contributed by atoms with Gasteiger partial charge >= 0.3 is 5.97 Å². The summed E-state index contributed by atoms with van der Waals surface area (Å²) >= 11 is 0. The molecular formula is C6H11FO2. The van der Waals surface area contributed by atoms with Crippen LogP contribution in [0, 0.1) is 0 Å². The third-order valence-corrected chi connectivity index (χ3v) is 0.763. The van der Waals surface area contributed by atoms with Crippen LogP contribution in [0.4, 0.5) is 4.39 Å². The molecule has 54 valence electrons. The highest BCUT2D eigenvalue weighted by Crippen LogP contribution is 1.91. The predicted molar refractivity (Wildman–Crippen MR) is 31.8 cm³/mol. The summed E-state index contributed by atoms with van der Waals surface area (Å²) in [5.74, 6) is -0.348. The van der Waals surface area contributed by atoms with Gasteiger partial charge in [-0.25, -0.2) is 4.39 Å². The fraction of sp³-hybridized carbons (Fsp3) is 0.833. The third-order valence-electron chi connectivity index (χ3n) is 0.763. The first kappa shape index (κ1) is 8.40. The Hall–Kier alpha value is -0.600. The molecule has 1 atom stereocenters. The molecule has 0 bridgehead atoms. The molecule has 0 saturated carbocycles. The Kier molecular flexibility index (Phi) is 4.01. The van der Waals surface area contributed by atoms with Gasteiger partial charge in [-0.3, -0.25) is 4.79 Å². The van der Waals surface area contributed by atoms with E-state index in [4.69, 9.17) is 0 Å². The second-order valence-corrected chi connectivity index (χ2v) is 1.82. The zero-order chi connectivity index (χ0) is 7.28. The summed E-state index contributed by atoms with van der Waals surface area (Å²) in [7, 11) is 0. The van der Waals surface area contributed by atoms with E-state index in [-0.39, 0.29) is 12.6 Å². The maximum Gasteiger partial charge on any atom is 0.305 e. The van der Waals surface area contributed by atoms with E-state index in [1.165, 1.54) is 6.92 Å². The van der Waals surface area contributed by atoms with E-state index in [2.05, 4.69) is 4.74 Å². The zero-order valence-corrected chi connectivity index (χ0v) is 5.69. The van der Waals surface area contributed by atoms with Crippen LogP contribution in [0.15, 0.2) is 0 Å². The number of hydrogen-bond donors (Lipinski definition) is 0. The molecule has 0 heterocycles. The number of carbonyl (C=O) groups excluding carboxylic acids is 1. The highest BCUT2D eigenvalue weighted by molar-refractivity contribution is 5.68. The SMILES string of the molecule is CCC(=O)OCC(C)F. The van der Waals surface area contributed by atoms with Gasteiger partial charge in [0.15, 0.2) is 0 Å². The van der Waals surface area contributed by atoms with Crippen LogP contribution in [-0.4, -0.2) is 18.7 Å². The van der Waals surface area contributed by atoms with E-state index in [9.17, 15) is 9.18 Å². The molecule has 3 heteroatoms. The molecule has 0 amide bonds. The Labute approximate surface area is 54.0 Å². The first-order chi connectivity index (χ1) is 4.16. The number of hydrogen-bond acceptors (Lipinski definition) is 2. The Balaban J connectivity index is 3.17. The third kappa shape index (κ3) is 5.27. The Morgan fingerprint density at radius 3 is 2.67 bits per heavy atom.